The maximum absolute atomic E-state index is 15.5. The molecule has 1 aliphatic rings. The van der Waals surface area contributed by atoms with Gasteiger partial charge in [-0.15, -0.1) is 0 Å². The summed E-state index contributed by atoms with van der Waals surface area (Å²) in [6, 6.07) is 2.25. The summed E-state index contributed by atoms with van der Waals surface area (Å²) in [5.74, 6) is -3.62. The SMILES string of the molecule is COC(=O)c1cc(Oc2ncc(Cc3cnccn3)cc2C(F)(F)F)c(F)cc1N(C(=O)C1CCC(C)CC1)C(C)C. The molecule has 1 fully saturated rings. The molecular formula is C30H32F4N4O4. The Labute approximate surface area is 241 Å². The second kappa shape index (κ2) is 12.8. The van der Waals surface area contributed by atoms with Gasteiger partial charge in [-0.2, -0.15) is 13.2 Å². The largest absolute Gasteiger partial charge is 0.465 e. The van der Waals surface area contributed by atoms with Gasteiger partial charge in [-0.05, 0) is 57.1 Å². The predicted octanol–water partition coefficient (Wildman–Crippen LogP) is 6.77. The van der Waals surface area contributed by atoms with Gasteiger partial charge in [0.1, 0.15) is 5.56 Å². The van der Waals surface area contributed by atoms with Gasteiger partial charge >= 0.3 is 12.1 Å². The molecule has 2 heterocycles. The molecule has 0 N–H and O–H groups in total. The van der Waals surface area contributed by atoms with Crippen LogP contribution in [0.3, 0.4) is 0 Å². The van der Waals surface area contributed by atoms with Gasteiger partial charge in [-0.3, -0.25) is 14.8 Å². The fourth-order valence-corrected chi connectivity index (χ4v) is 5.06. The van der Waals surface area contributed by atoms with E-state index in [0.29, 0.717) is 24.5 Å². The number of carbonyl (C=O) groups is 2. The molecule has 0 spiro atoms. The van der Waals surface area contributed by atoms with Crippen molar-refractivity contribution in [2.24, 2.45) is 11.8 Å². The fraction of sp³-hybridized carbons (Fsp3) is 0.433. The lowest BCUT2D eigenvalue weighted by atomic mass is 9.82. The Balaban J connectivity index is 1.72. The van der Waals surface area contributed by atoms with Crippen LogP contribution < -0.4 is 9.64 Å². The molecule has 224 valence electrons. The van der Waals surface area contributed by atoms with E-state index in [1.807, 2.05) is 0 Å². The summed E-state index contributed by atoms with van der Waals surface area (Å²) in [7, 11) is 1.11. The Kier molecular flexibility index (Phi) is 9.43. The van der Waals surface area contributed by atoms with Crippen LogP contribution >= 0.6 is 0 Å². The van der Waals surface area contributed by atoms with Gasteiger partial charge in [0.05, 0.1) is 24.1 Å². The number of pyridine rings is 1. The van der Waals surface area contributed by atoms with Crippen LogP contribution in [0.5, 0.6) is 11.6 Å². The van der Waals surface area contributed by atoms with E-state index in [-0.39, 0.29) is 35.1 Å². The Hall–Kier alpha value is -4.09. The van der Waals surface area contributed by atoms with Gasteiger partial charge in [0.25, 0.3) is 0 Å². The van der Waals surface area contributed by atoms with Crippen LogP contribution in [0.4, 0.5) is 23.2 Å². The molecule has 1 saturated carbocycles. The second-order valence-corrected chi connectivity index (χ2v) is 10.7. The molecule has 42 heavy (non-hydrogen) atoms. The van der Waals surface area contributed by atoms with Gasteiger partial charge in [-0.25, -0.2) is 14.2 Å². The summed E-state index contributed by atoms with van der Waals surface area (Å²) in [6.45, 7) is 5.58. The lowest BCUT2D eigenvalue weighted by Gasteiger charge is -2.34. The van der Waals surface area contributed by atoms with Crippen molar-refractivity contribution < 1.29 is 36.6 Å². The minimum absolute atomic E-state index is 0.0265. The molecule has 2 aromatic heterocycles. The van der Waals surface area contributed by atoms with Crippen molar-refractivity contribution in [2.75, 3.05) is 12.0 Å². The fourth-order valence-electron chi connectivity index (χ4n) is 5.06. The molecule has 4 rings (SSSR count). The molecule has 1 amide bonds. The van der Waals surface area contributed by atoms with E-state index >= 15 is 4.39 Å². The van der Waals surface area contributed by atoms with Gasteiger partial charge < -0.3 is 14.4 Å². The van der Waals surface area contributed by atoms with E-state index in [1.54, 1.807) is 13.8 Å². The van der Waals surface area contributed by atoms with E-state index in [9.17, 15) is 22.8 Å². The summed E-state index contributed by atoms with van der Waals surface area (Å²) in [5.41, 5.74) is -0.902. The molecule has 0 atom stereocenters. The summed E-state index contributed by atoms with van der Waals surface area (Å²) >= 11 is 0. The standard InChI is InChI=1S/C30H32F4N4O4/c1-17(2)38(28(39)20-7-5-18(3)6-8-20)25-14-24(31)26(13-22(25)29(40)41-4)42-27-23(30(32,33)34)12-19(15-37-27)11-21-16-35-9-10-36-21/h9-10,12-18,20H,5-8,11H2,1-4H3. The summed E-state index contributed by atoms with van der Waals surface area (Å²) < 4.78 is 67.8. The highest BCUT2D eigenvalue weighted by atomic mass is 19.4. The number of hydrogen-bond acceptors (Lipinski definition) is 7. The first-order valence-corrected chi connectivity index (χ1v) is 13.6. The minimum atomic E-state index is -4.89. The Morgan fingerprint density at radius 1 is 1.05 bits per heavy atom. The van der Waals surface area contributed by atoms with Crippen LogP contribution in [0.25, 0.3) is 0 Å². The number of alkyl halides is 3. The van der Waals surface area contributed by atoms with Gasteiger partial charge in [0.2, 0.25) is 11.8 Å². The van der Waals surface area contributed by atoms with Crippen LogP contribution in [0.2, 0.25) is 0 Å². The molecule has 8 nitrogen and oxygen atoms in total. The van der Waals surface area contributed by atoms with Gasteiger partial charge in [0, 0.05) is 55.3 Å². The number of hydrogen-bond donors (Lipinski definition) is 0. The number of amides is 1. The van der Waals surface area contributed by atoms with E-state index in [4.69, 9.17) is 9.47 Å². The van der Waals surface area contributed by atoms with Crippen molar-refractivity contribution in [1.29, 1.82) is 0 Å². The number of carbonyl (C=O) groups excluding carboxylic acids is 2. The third-order valence-corrected chi connectivity index (χ3v) is 7.26. The first-order valence-electron chi connectivity index (χ1n) is 13.6. The zero-order valence-corrected chi connectivity index (χ0v) is 23.7. The minimum Gasteiger partial charge on any atom is -0.465 e. The lowest BCUT2D eigenvalue weighted by Crippen LogP contribution is -2.43. The maximum Gasteiger partial charge on any atom is 0.421 e. The molecule has 0 radical (unpaired) electrons. The Morgan fingerprint density at radius 3 is 2.36 bits per heavy atom. The third kappa shape index (κ3) is 7.03. The predicted molar refractivity (Wildman–Crippen MR) is 146 cm³/mol. The number of halogens is 4. The summed E-state index contributed by atoms with van der Waals surface area (Å²) in [4.78, 5) is 39.5. The van der Waals surface area contributed by atoms with E-state index in [0.717, 1.165) is 44.3 Å². The number of benzene rings is 1. The van der Waals surface area contributed by atoms with Crippen molar-refractivity contribution in [3.05, 3.63) is 71.2 Å². The van der Waals surface area contributed by atoms with Crippen LogP contribution in [0.15, 0.2) is 43.0 Å². The number of esters is 1. The number of rotatable bonds is 8. The van der Waals surface area contributed by atoms with Crippen molar-refractivity contribution in [2.45, 2.75) is 65.1 Å². The van der Waals surface area contributed by atoms with Crippen molar-refractivity contribution in [3.63, 3.8) is 0 Å². The molecule has 0 unspecified atom stereocenters. The highest BCUT2D eigenvalue weighted by Gasteiger charge is 2.37. The van der Waals surface area contributed by atoms with E-state index in [2.05, 4.69) is 21.9 Å². The van der Waals surface area contributed by atoms with E-state index in [1.165, 1.54) is 23.5 Å². The number of aromatic nitrogens is 3. The quantitative estimate of drug-likeness (QED) is 0.212. The first-order chi connectivity index (χ1) is 19.9. The smallest absolute Gasteiger partial charge is 0.421 e. The normalized spacial score (nSPS) is 17.2. The average molecular weight is 589 g/mol. The van der Waals surface area contributed by atoms with Crippen LogP contribution in [-0.4, -0.2) is 40.0 Å². The molecule has 1 aliphatic carbocycles. The van der Waals surface area contributed by atoms with Crippen molar-refractivity contribution in [3.8, 4) is 11.6 Å². The van der Waals surface area contributed by atoms with Crippen LogP contribution in [0.1, 0.15) is 73.6 Å². The number of ether oxygens (including phenoxy) is 2. The molecule has 0 aliphatic heterocycles. The topological polar surface area (TPSA) is 94.5 Å². The number of nitrogens with zero attached hydrogens (tertiary/aromatic N) is 4. The van der Waals surface area contributed by atoms with Crippen molar-refractivity contribution in [1.82, 2.24) is 15.0 Å². The summed E-state index contributed by atoms with van der Waals surface area (Å²) in [6.07, 6.45) is 3.66. The average Bonchev–Trinajstić information content (AvgIpc) is 2.95. The second-order valence-electron chi connectivity index (χ2n) is 10.7. The zero-order valence-electron chi connectivity index (χ0n) is 23.7. The van der Waals surface area contributed by atoms with E-state index < -0.39 is 41.2 Å². The van der Waals surface area contributed by atoms with Crippen LogP contribution in [0, 0.1) is 17.7 Å². The van der Waals surface area contributed by atoms with Gasteiger partial charge in [-0.1, -0.05) is 6.92 Å². The van der Waals surface area contributed by atoms with Crippen molar-refractivity contribution >= 4 is 17.6 Å². The molecule has 0 bridgehead atoms. The monoisotopic (exact) mass is 588 g/mol. The lowest BCUT2D eigenvalue weighted by molar-refractivity contribution is -0.139. The highest BCUT2D eigenvalue weighted by Crippen LogP contribution is 2.40. The first kappa shape index (κ1) is 30.9. The molecule has 0 saturated heterocycles. The summed E-state index contributed by atoms with van der Waals surface area (Å²) in [5, 5.41) is 0. The molecule has 1 aromatic carbocycles. The Morgan fingerprint density at radius 2 is 1.76 bits per heavy atom. The number of anilines is 1. The highest BCUT2D eigenvalue weighted by molar-refractivity contribution is 6.04. The number of methoxy groups -OCH3 is 1. The molecule has 12 heteroatoms. The molecule has 3 aromatic rings. The Bertz CT molecular complexity index is 1420. The zero-order chi connectivity index (χ0) is 30.6. The van der Waals surface area contributed by atoms with Gasteiger partial charge in [0.15, 0.2) is 11.6 Å². The molecular weight excluding hydrogens is 556 g/mol. The maximum atomic E-state index is 15.5. The third-order valence-electron chi connectivity index (χ3n) is 7.26. The van der Waals surface area contributed by atoms with Crippen LogP contribution in [-0.2, 0) is 22.1 Å².